The van der Waals surface area contributed by atoms with E-state index in [4.69, 9.17) is 61.5 Å². The Bertz CT molecular complexity index is 933. The third kappa shape index (κ3) is 4.87. The van der Waals surface area contributed by atoms with Crippen LogP contribution in [0.2, 0.25) is 20.4 Å². The molecule has 144 valence electrons. The van der Waals surface area contributed by atoms with E-state index in [0.29, 0.717) is 0 Å². The normalized spacial score (nSPS) is 9.67. The second-order valence-corrected chi connectivity index (χ2v) is 5.78. The number of nitriles is 1. The number of hydrogen-bond acceptors (Lipinski definition) is 8. The maximum absolute atomic E-state index is 10.6. The van der Waals surface area contributed by atoms with Gasteiger partial charge in [0.15, 0.2) is 44.7 Å². The smallest absolute Gasteiger partial charge is 0.358 e. The van der Waals surface area contributed by atoms with Gasteiger partial charge in [0.05, 0.1) is 14.2 Å². The third-order valence-corrected chi connectivity index (χ3v) is 4.22. The number of aromatic carboxylic acids is 1. The van der Waals surface area contributed by atoms with Crippen LogP contribution in [0.3, 0.4) is 0 Å². The van der Waals surface area contributed by atoms with Gasteiger partial charge in [0.25, 0.3) is 0 Å². The van der Waals surface area contributed by atoms with Crippen molar-refractivity contribution in [1.29, 1.82) is 5.26 Å². The molecule has 0 saturated carbocycles. The Morgan fingerprint density at radius 1 is 0.963 bits per heavy atom. The number of rotatable bonds is 3. The molecule has 0 aliphatic rings. The van der Waals surface area contributed by atoms with Crippen LogP contribution < -0.4 is 9.47 Å². The van der Waals surface area contributed by atoms with Crippen LogP contribution in [0.15, 0.2) is 0 Å². The van der Waals surface area contributed by atoms with E-state index in [1.54, 1.807) is 6.07 Å². The Kier molecular flexibility index (Phi) is 7.99. The van der Waals surface area contributed by atoms with E-state index >= 15 is 0 Å². The van der Waals surface area contributed by atoms with Gasteiger partial charge in [0.2, 0.25) is 0 Å². The molecule has 0 bridgehead atoms. The van der Waals surface area contributed by atoms with Gasteiger partial charge in [0.1, 0.15) is 16.1 Å². The van der Waals surface area contributed by atoms with Crippen molar-refractivity contribution in [3.8, 4) is 29.1 Å². The Labute approximate surface area is 172 Å². The van der Waals surface area contributed by atoms with E-state index in [1.807, 2.05) is 0 Å². The standard InChI is InChI=1S/C7H4Cl2N2O2.C7H5Cl2NO4/c1-13-6-4(8)7(9)11-3(2-10)5(6)12;1-14-5-2(8)6(9)10-3(4(5)11)7(12)13/h12H,1H3;11H,1H3,(H,12,13). The SMILES string of the molecule is COc1c(O)c(C#N)nc(Cl)c1Cl.COc1c(O)c(C(=O)O)nc(Cl)c1Cl. The molecule has 0 aliphatic heterocycles. The summed E-state index contributed by atoms with van der Waals surface area (Å²) in [5, 5.41) is 35.4. The molecule has 0 saturated heterocycles. The molecule has 2 aromatic heterocycles. The molecule has 2 aromatic rings. The van der Waals surface area contributed by atoms with Crippen LogP contribution in [0.1, 0.15) is 16.2 Å². The lowest BCUT2D eigenvalue weighted by Gasteiger charge is -2.08. The summed E-state index contributed by atoms with van der Waals surface area (Å²) in [5.74, 6) is -2.71. The van der Waals surface area contributed by atoms with Crippen molar-refractivity contribution in [2.75, 3.05) is 14.2 Å². The van der Waals surface area contributed by atoms with Crippen molar-refractivity contribution in [1.82, 2.24) is 9.97 Å². The summed E-state index contributed by atoms with van der Waals surface area (Å²) in [6, 6.07) is 1.65. The van der Waals surface area contributed by atoms with Gasteiger partial charge in [-0.15, -0.1) is 0 Å². The van der Waals surface area contributed by atoms with Crippen molar-refractivity contribution < 1.29 is 29.6 Å². The molecule has 0 aromatic carbocycles. The highest BCUT2D eigenvalue weighted by atomic mass is 35.5. The number of carboxylic acids is 1. The fourth-order valence-electron chi connectivity index (χ4n) is 1.61. The second-order valence-electron chi connectivity index (χ2n) is 4.31. The first kappa shape index (κ1) is 22.7. The van der Waals surface area contributed by atoms with Crippen molar-refractivity contribution in [3.05, 3.63) is 31.7 Å². The average Bonchev–Trinajstić information content (AvgIpc) is 2.62. The largest absolute Gasteiger partial charge is 0.503 e. The molecule has 27 heavy (non-hydrogen) atoms. The number of halogens is 4. The number of ether oxygens (including phenoxy) is 2. The quantitative estimate of drug-likeness (QED) is 0.587. The summed E-state index contributed by atoms with van der Waals surface area (Å²) in [5.41, 5.74) is -0.817. The number of pyridine rings is 2. The molecule has 0 unspecified atom stereocenters. The number of aromatic hydroxyl groups is 2. The fourth-order valence-corrected chi connectivity index (χ4v) is 2.37. The summed E-state index contributed by atoms with van der Waals surface area (Å²) < 4.78 is 9.42. The van der Waals surface area contributed by atoms with Crippen LogP contribution in [0.5, 0.6) is 23.0 Å². The second kappa shape index (κ2) is 9.53. The van der Waals surface area contributed by atoms with E-state index in [9.17, 15) is 15.0 Å². The molecule has 0 fully saturated rings. The van der Waals surface area contributed by atoms with Gasteiger partial charge >= 0.3 is 5.97 Å². The molecule has 0 spiro atoms. The zero-order valence-corrected chi connectivity index (χ0v) is 16.4. The lowest BCUT2D eigenvalue weighted by Crippen LogP contribution is -2.03. The van der Waals surface area contributed by atoms with Crippen LogP contribution in [0.4, 0.5) is 0 Å². The van der Waals surface area contributed by atoms with Crippen LogP contribution in [-0.4, -0.2) is 45.5 Å². The van der Waals surface area contributed by atoms with E-state index in [2.05, 4.69) is 14.7 Å². The number of carboxylic acid groups (broad SMARTS) is 1. The van der Waals surface area contributed by atoms with Crippen molar-refractivity contribution in [3.63, 3.8) is 0 Å². The Morgan fingerprint density at radius 3 is 1.81 bits per heavy atom. The highest BCUT2D eigenvalue weighted by Crippen LogP contribution is 2.40. The van der Waals surface area contributed by atoms with Gasteiger partial charge in [-0.05, 0) is 0 Å². The first-order valence-electron chi connectivity index (χ1n) is 6.47. The first-order chi connectivity index (χ1) is 12.6. The minimum atomic E-state index is -1.42. The molecule has 0 amide bonds. The first-order valence-corrected chi connectivity index (χ1v) is 7.99. The summed E-state index contributed by atoms with van der Waals surface area (Å²) in [7, 11) is 2.53. The monoisotopic (exact) mass is 455 g/mol. The Morgan fingerprint density at radius 2 is 1.41 bits per heavy atom. The number of nitrogens with zero attached hydrogens (tertiary/aromatic N) is 3. The van der Waals surface area contributed by atoms with Gasteiger partial charge in [-0.1, -0.05) is 46.4 Å². The fraction of sp³-hybridized carbons (Fsp3) is 0.143. The molecule has 9 nitrogen and oxygen atoms in total. The van der Waals surface area contributed by atoms with E-state index in [0.717, 1.165) is 0 Å². The zero-order chi connectivity index (χ0) is 20.9. The number of aromatic nitrogens is 2. The molecule has 13 heteroatoms. The van der Waals surface area contributed by atoms with E-state index in [1.165, 1.54) is 14.2 Å². The molecular formula is C14H9Cl4N3O6. The maximum Gasteiger partial charge on any atom is 0.358 e. The van der Waals surface area contributed by atoms with Crippen molar-refractivity contribution >= 4 is 52.4 Å². The van der Waals surface area contributed by atoms with Gasteiger partial charge in [-0.25, -0.2) is 14.8 Å². The number of methoxy groups -OCH3 is 2. The Balaban J connectivity index is 0.000000271. The lowest BCUT2D eigenvalue weighted by molar-refractivity contribution is 0.0686. The highest BCUT2D eigenvalue weighted by molar-refractivity contribution is 6.43. The molecule has 0 aliphatic carbocycles. The molecule has 0 radical (unpaired) electrons. The minimum Gasteiger partial charge on any atom is -0.503 e. The summed E-state index contributed by atoms with van der Waals surface area (Å²) in [6.45, 7) is 0. The lowest BCUT2D eigenvalue weighted by atomic mass is 10.3. The predicted octanol–water partition coefficient (Wildman–Crippen LogP) is 3.78. The maximum atomic E-state index is 10.6. The topological polar surface area (TPSA) is 146 Å². The van der Waals surface area contributed by atoms with Crippen LogP contribution >= 0.6 is 46.4 Å². The zero-order valence-electron chi connectivity index (χ0n) is 13.4. The van der Waals surface area contributed by atoms with E-state index in [-0.39, 0.29) is 37.5 Å². The summed E-state index contributed by atoms with van der Waals surface area (Å²) in [6.07, 6.45) is 0. The molecule has 2 heterocycles. The minimum absolute atomic E-state index is 0.0133. The van der Waals surface area contributed by atoms with Gasteiger partial charge in [-0.3, -0.25) is 0 Å². The highest BCUT2D eigenvalue weighted by Gasteiger charge is 2.22. The van der Waals surface area contributed by atoms with E-state index < -0.39 is 23.2 Å². The average molecular weight is 457 g/mol. The van der Waals surface area contributed by atoms with Crippen LogP contribution in [0, 0.1) is 11.3 Å². The molecular weight excluding hydrogens is 448 g/mol. The molecule has 2 rings (SSSR count). The molecule has 3 N–H and O–H groups in total. The van der Waals surface area contributed by atoms with Crippen LogP contribution in [0.25, 0.3) is 0 Å². The molecule has 0 atom stereocenters. The Hall–Kier alpha value is -2.38. The number of hydrogen-bond donors (Lipinski definition) is 3. The summed E-state index contributed by atoms with van der Waals surface area (Å²) >= 11 is 22.3. The van der Waals surface area contributed by atoms with Crippen molar-refractivity contribution in [2.45, 2.75) is 0 Å². The third-order valence-electron chi connectivity index (χ3n) is 2.78. The van der Waals surface area contributed by atoms with Crippen molar-refractivity contribution in [2.24, 2.45) is 0 Å². The van der Waals surface area contributed by atoms with Crippen LogP contribution in [-0.2, 0) is 0 Å². The van der Waals surface area contributed by atoms with Gasteiger partial charge in [-0.2, -0.15) is 5.26 Å². The predicted molar refractivity (Wildman–Crippen MR) is 96.6 cm³/mol. The number of carbonyl (C=O) groups is 1. The van der Waals surface area contributed by atoms with Gasteiger partial charge < -0.3 is 24.8 Å². The van der Waals surface area contributed by atoms with Gasteiger partial charge in [0, 0.05) is 0 Å². The summed E-state index contributed by atoms with van der Waals surface area (Å²) in [4.78, 5) is 17.5.